The molecule has 0 radical (unpaired) electrons. The van der Waals surface area contributed by atoms with Crippen LogP contribution in [0.2, 0.25) is 0 Å². The number of benzene rings is 1. The van der Waals surface area contributed by atoms with Gasteiger partial charge in [-0.25, -0.2) is 0 Å². The van der Waals surface area contributed by atoms with Crippen LogP contribution in [0.15, 0.2) is 30.3 Å². The number of hydrogen-bond acceptors (Lipinski definition) is 3. The van der Waals surface area contributed by atoms with Crippen molar-refractivity contribution in [1.29, 1.82) is 0 Å². The molecule has 0 spiro atoms. The summed E-state index contributed by atoms with van der Waals surface area (Å²) >= 11 is 0. The standard InChI is InChI=1S/C16H20O4/c1-16(2,3)20-15(19)14-11(9-12(17)18)13(14)10-7-5-4-6-8-10/h4-8,11,13-14H,9H2,1-3H3,(H,17,18)/t11-,13-,14+/m0/s1. The zero-order valence-electron chi connectivity index (χ0n) is 12.0. The van der Waals surface area contributed by atoms with E-state index in [0.717, 1.165) is 5.56 Å². The first-order chi connectivity index (χ1) is 9.29. The van der Waals surface area contributed by atoms with E-state index in [1.807, 2.05) is 51.1 Å². The molecular weight excluding hydrogens is 256 g/mol. The molecule has 2 rings (SSSR count). The average molecular weight is 276 g/mol. The van der Waals surface area contributed by atoms with Crippen LogP contribution in [-0.4, -0.2) is 22.6 Å². The van der Waals surface area contributed by atoms with Gasteiger partial charge in [0.1, 0.15) is 5.60 Å². The monoisotopic (exact) mass is 276 g/mol. The fraction of sp³-hybridized carbons (Fsp3) is 0.500. The average Bonchev–Trinajstić information content (AvgIpc) is 3.01. The highest BCUT2D eigenvalue weighted by atomic mass is 16.6. The molecule has 0 bridgehead atoms. The highest BCUT2D eigenvalue weighted by Crippen LogP contribution is 2.56. The number of aliphatic carboxylic acids is 1. The fourth-order valence-corrected chi connectivity index (χ4v) is 2.65. The van der Waals surface area contributed by atoms with Gasteiger partial charge >= 0.3 is 11.9 Å². The van der Waals surface area contributed by atoms with Gasteiger partial charge in [-0.05, 0) is 32.3 Å². The molecule has 4 heteroatoms. The first-order valence-corrected chi connectivity index (χ1v) is 6.79. The molecule has 20 heavy (non-hydrogen) atoms. The third-order valence-corrected chi connectivity index (χ3v) is 3.44. The molecule has 1 aromatic rings. The van der Waals surface area contributed by atoms with E-state index in [4.69, 9.17) is 9.84 Å². The van der Waals surface area contributed by atoms with Gasteiger partial charge in [-0.2, -0.15) is 0 Å². The lowest BCUT2D eigenvalue weighted by atomic mass is 10.1. The van der Waals surface area contributed by atoms with Crippen molar-refractivity contribution in [2.45, 2.75) is 38.7 Å². The minimum atomic E-state index is -0.873. The predicted molar refractivity (Wildman–Crippen MR) is 74.3 cm³/mol. The number of carboxylic acid groups (broad SMARTS) is 1. The number of carboxylic acids is 1. The Morgan fingerprint density at radius 1 is 1.20 bits per heavy atom. The lowest BCUT2D eigenvalue weighted by Gasteiger charge is -2.19. The Labute approximate surface area is 118 Å². The van der Waals surface area contributed by atoms with Gasteiger partial charge in [0.05, 0.1) is 5.92 Å². The number of esters is 1. The van der Waals surface area contributed by atoms with Gasteiger partial charge in [-0.3, -0.25) is 9.59 Å². The Bertz CT molecular complexity index is 501. The minimum absolute atomic E-state index is 0.00344. The van der Waals surface area contributed by atoms with Gasteiger partial charge in [0.15, 0.2) is 0 Å². The Morgan fingerprint density at radius 2 is 1.80 bits per heavy atom. The smallest absolute Gasteiger partial charge is 0.310 e. The summed E-state index contributed by atoms with van der Waals surface area (Å²) in [4.78, 5) is 23.1. The van der Waals surface area contributed by atoms with Gasteiger partial charge in [0.2, 0.25) is 0 Å². The van der Waals surface area contributed by atoms with Gasteiger partial charge in [-0.1, -0.05) is 30.3 Å². The van der Waals surface area contributed by atoms with Crippen molar-refractivity contribution in [2.24, 2.45) is 11.8 Å². The molecule has 0 aliphatic heterocycles. The van der Waals surface area contributed by atoms with Gasteiger partial charge < -0.3 is 9.84 Å². The van der Waals surface area contributed by atoms with E-state index in [9.17, 15) is 9.59 Å². The number of rotatable bonds is 4. The molecule has 1 fully saturated rings. The van der Waals surface area contributed by atoms with E-state index < -0.39 is 11.6 Å². The molecule has 108 valence electrons. The summed E-state index contributed by atoms with van der Waals surface area (Å²) in [5.74, 6) is -1.71. The molecule has 0 unspecified atom stereocenters. The first kappa shape index (κ1) is 14.6. The van der Waals surface area contributed by atoms with Crippen molar-refractivity contribution in [2.75, 3.05) is 0 Å². The highest BCUT2D eigenvalue weighted by Gasteiger charge is 2.57. The highest BCUT2D eigenvalue weighted by molar-refractivity contribution is 5.80. The topological polar surface area (TPSA) is 63.6 Å². The maximum atomic E-state index is 12.2. The summed E-state index contributed by atoms with van der Waals surface area (Å²) < 4.78 is 5.39. The number of carbonyl (C=O) groups excluding carboxylic acids is 1. The quantitative estimate of drug-likeness (QED) is 0.859. The molecule has 0 saturated heterocycles. The van der Waals surface area contributed by atoms with Crippen molar-refractivity contribution < 1.29 is 19.4 Å². The molecule has 1 N–H and O–H groups in total. The lowest BCUT2D eigenvalue weighted by Crippen LogP contribution is -2.25. The maximum Gasteiger partial charge on any atom is 0.310 e. The summed E-state index contributed by atoms with van der Waals surface area (Å²) in [5, 5.41) is 8.97. The van der Waals surface area contributed by atoms with E-state index in [1.165, 1.54) is 0 Å². The van der Waals surface area contributed by atoms with E-state index in [0.29, 0.717) is 0 Å². The normalized spacial score (nSPS) is 25.1. The van der Waals surface area contributed by atoms with Crippen molar-refractivity contribution in [3.63, 3.8) is 0 Å². The van der Waals surface area contributed by atoms with Crippen LogP contribution in [-0.2, 0) is 14.3 Å². The SMILES string of the molecule is CC(C)(C)OC(=O)[C@@H]1[C@@H](CC(=O)O)[C@@H]1c1ccccc1. The molecule has 3 atom stereocenters. The Kier molecular flexibility index (Phi) is 3.84. The zero-order chi connectivity index (χ0) is 14.9. The molecule has 0 aromatic heterocycles. The predicted octanol–water partition coefficient (Wildman–Crippen LogP) is 2.83. The molecule has 1 aliphatic rings. The van der Waals surface area contributed by atoms with E-state index in [2.05, 4.69) is 0 Å². The summed E-state index contributed by atoms with van der Waals surface area (Å²) in [7, 11) is 0. The third-order valence-electron chi connectivity index (χ3n) is 3.44. The second-order valence-corrected chi connectivity index (χ2v) is 6.26. The molecule has 0 amide bonds. The first-order valence-electron chi connectivity index (χ1n) is 6.79. The Balaban J connectivity index is 2.14. The van der Waals surface area contributed by atoms with Crippen molar-refractivity contribution in [1.82, 2.24) is 0 Å². The van der Waals surface area contributed by atoms with Crippen molar-refractivity contribution >= 4 is 11.9 Å². The number of ether oxygens (including phenoxy) is 1. The van der Waals surface area contributed by atoms with Gasteiger partial charge in [0.25, 0.3) is 0 Å². The van der Waals surface area contributed by atoms with Crippen LogP contribution in [0, 0.1) is 11.8 Å². The Morgan fingerprint density at radius 3 is 2.30 bits per heavy atom. The van der Waals surface area contributed by atoms with Gasteiger partial charge in [0, 0.05) is 12.3 Å². The Hall–Kier alpha value is -1.84. The van der Waals surface area contributed by atoms with Crippen LogP contribution >= 0.6 is 0 Å². The number of carbonyl (C=O) groups is 2. The van der Waals surface area contributed by atoms with Crippen LogP contribution in [0.25, 0.3) is 0 Å². The molecule has 0 heterocycles. The summed E-state index contributed by atoms with van der Waals surface area (Å²) in [6.07, 6.45) is 0.00344. The second kappa shape index (κ2) is 5.27. The van der Waals surface area contributed by atoms with E-state index in [-0.39, 0.29) is 30.1 Å². The molecule has 1 saturated carbocycles. The van der Waals surface area contributed by atoms with Gasteiger partial charge in [-0.15, -0.1) is 0 Å². The third kappa shape index (κ3) is 3.38. The van der Waals surface area contributed by atoms with Crippen LogP contribution in [0.1, 0.15) is 38.7 Å². The fourth-order valence-electron chi connectivity index (χ4n) is 2.65. The van der Waals surface area contributed by atoms with Crippen molar-refractivity contribution in [3.05, 3.63) is 35.9 Å². The maximum absolute atomic E-state index is 12.2. The van der Waals surface area contributed by atoms with Crippen molar-refractivity contribution in [3.8, 4) is 0 Å². The molecule has 1 aromatic carbocycles. The largest absolute Gasteiger partial charge is 0.481 e. The summed E-state index contributed by atoms with van der Waals surface area (Å²) in [6.45, 7) is 5.45. The molecule has 1 aliphatic carbocycles. The van der Waals surface area contributed by atoms with Crippen LogP contribution < -0.4 is 0 Å². The van der Waals surface area contributed by atoms with E-state index >= 15 is 0 Å². The second-order valence-electron chi connectivity index (χ2n) is 6.26. The van der Waals surface area contributed by atoms with Crippen LogP contribution in [0.4, 0.5) is 0 Å². The summed E-state index contributed by atoms with van der Waals surface area (Å²) in [6, 6.07) is 9.57. The van der Waals surface area contributed by atoms with Crippen LogP contribution in [0.5, 0.6) is 0 Å². The minimum Gasteiger partial charge on any atom is -0.481 e. The molecular formula is C16H20O4. The lowest BCUT2D eigenvalue weighted by molar-refractivity contribution is -0.157. The zero-order valence-corrected chi connectivity index (χ0v) is 12.0. The summed E-state index contributed by atoms with van der Waals surface area (Å²) in [5.41, 5.74) is 0.462. The van der Waals surface area contributed by atoms with E-state index in [1.54, 1.807) is 0 Å². The number of hydrogen-bond donors (Lipinski definition) is 1. The molecule has 4 nitrogen and oxygen atoms in total. The van der Waals surface area contributed by atoms with Crippen LogP contribution in [0.3, 0.4) is 0 Å².